The van der Waals surface area contributed by atoms with Gasteiger partial charge < -0.3 is 4.74 Å². The number of rotatable bonds is 3. The fourth-order valence-corrected chi connectivity index (χ4v) is 2.03. The molecule has 1 aromatic carbocycles. The first-order valence-corrected chi connectivity index (χ1v) is 5.79. The van der Waals surface area contributed by atoms with Crippen molar-refractivity contribution in [3.8, 4) is 5.75 Å². The Kier molecular flexibility index (Phi) is 3.39. The van der Waals surface area contributed by atoms with Crippen LogP contribution in [-0.4, -0.2) is 22.7 Å². The van der Waals surface area contributed by atoms with Crippen molar-refractivity contribution >= 4 is 17.4 Å². The van der Waals surface area contributed by atoms with Crippen LogP contribution in [0.4, 0.5) is 0 Å². The third-order valence-electron chi connectivity index (χ3n) is 2.71. The van der Waals surface area contributed by atoms with Gasteiger partial charge >= 0.3 is 0 Å². The van der Waals surface area contributed by atoms with E-state index in [9.17, 15) is 4.79 Å². The highest BCUT2D eigenvalue weighted by molar-refractivity contribution is 6.34. The number of ether oxygens (including phenoxy) is 1. The normalized spacial score (nSPS) is 10.4. The number of ketones is 1. The SMILES string of the molecule is COc1cc(C)ccc1C(=O)c1c(Cl)cnn1C. The Morgan fingerprint density at radius 3 is 2.72 bits per heavy atom. The summed E-state index contributed by atoms with van der Waals surface area (Å²) in [4.78, 5) is 12.4. The first kappa shape index (κ1) is 12.6. The number of aromatic nitrogens is 2. The van der Waals surface area contributed by atoms with Crippen LogP contribution in [0.25, 0.3) is 0 Å². The van der Waals surface area contributed by atoms with Crippen LogP contribution in [0.3, 0.4) is 0 Å². The molecule has 0 spiro atoms. The third-order valence-corrected chi connectivity index (χ3v) is 2.99. The molecule has 2 aromatic rings. The van der Waals surface area contributed by atoms with E-state index >= 15 is 0 Å². The van der Waals surface area contributed by atoms with E-state index in [4.69, 9.17) is 16.3 Å². The van der Waals surface area contributed by atoms with E-state index in [0.717, 1.165) is 5.56 Å². The zero-order valence-corrected chi connectivity index (χ0v) is 11.2. The van der Waals surface area contributed by atoms with E-state index in [2.05, 4.69) is 5.10 Å². The predicted octanol–water partition coefficient (Wildman–Crippen LogP) is 2.62. The molecule has 18 heavy (non-hydrogen) atoms. The fourth-order valence-electron chi connectivity index (χ4n) is 1.78. The molecule has 0 atom stereocenters. The number of halogens is 1. The number of carbonyl (C=O) groups excluding carboxylic acids is 1. The Morgan fingerprint density at radius 2 is 2.17 bits per heavy atom. The zero-order valence-electron chi connectivity index (χ0n) is 10.4. The summed E-state index contributed by atoms with van der Waals surface area (Å²) in [6.07, 6.45) is 1.45. The second-order valence-electron chi connectivity index (χ2n) is 4.00. The summed E-state index contributed by atoms with van der Waals surface area (Å²) in [7, 11) is 3.22. The molecule has 1 aromatic heterocycles. The van der Waals surface area contributed by atoms with Crippen LogP contribution in [0.2, 0.25) is 5.02 Å². The second kappa shape index (κ2) is 4.82. The van der Waals surface area contributed by atoms with Crippen molar-refractivity contribution in [1.29, 1.82) is 0 Å². The molecule has 5 heteroatoms. The van der Waals surface area contributed by atoms with Gasteiger partial charge in [-0.15, -0.1) is 0 Å². The van der Waals surface area contributed by atoms with Crippen molar-refractivity contribution in [1.82, 2.24) is 9.78 Å². The summed E-state index contributed by atoms with van der Waals surface area (Å²) in [5, 5.41) is 4.30. The molecule has 0 bridgehead atoms. The van der Waals surface area contributed by atoms with Crippen molar-refractivity contribution in [3.63, 3.8) is 0 Å². The average Bonchev–Trinajstić information content (AvgIpc) is 2.68. The maximum atomic E-state index is 12.4. The monoisotopic (exact) mass is 264 g/mol. The van der Waals surface area contributed by atoms with Gasteiger partial charge in [-0.2, -0.15) is 5.10 Å². The van der Waals surface area contributed by atoms with E-state index in [1.54, 1.807) is 13.1 Å². The molecule has 0 aliphatic heterocycles. The number of aryl methyl sites for hydroxylation is 2. The largest absolute Gasteiger partial charge is 0.496 e. The Labute approximate surface area is 110 Å². The number of hydrogen-bond donors (Lipinski definition) is 0. The molecule has 2 rings (SSSR count). The van der Waals surface area contributed by atoms with Crippen LogP contribution in [0.15, 0.2) is 24.4 Å². The average molecular weight is 265 g/mol. The quantitative estimate of drug-likeness (QED) is 0.801. The number of methoxy groups -OCH3 is 1. The molecule has 0 aliphatic carbocycles. The summed E-state index contributed by atoms with van der Waals surface area (Å²) < 4.78 is 6.69. The maximum absolute atomic E-state index is 12.4. The van der Waals surface area contributed by atoms with Gasteiger partial charge in [-0.1, -0.05) is 17.7 Å². The second-order valence-corrected chi connectivity index (χ2v) is 4.40. The molecule has 1 heterocycles. The van der Waals surface area contributed by atoms with Crippen LogP contribution < -0.4 is 4.74 Å². The van der Waals surface area contributed by atoms with Gasteiger partial charge in [0.2, 0.25) is 5.78 Å². The molecule has 0 aliphatic rings. The predicted molar refractivity (Wildman–Crippen MR) is 69.4 cm³/mol. The molecule has 4 nitrogen and oxygen atoms in total. The topological polar surface area (TPSA) is 44.1 Å². The van der Waals surface area contributed by atoms with E-state index in [1.165, 1.54) is 18.0 Å². The molecule has 0 saturated heterocycles. The highest BCUT2D eigenvalue weighted by atomic mass is 35.5. The lowest BCUT2D eigenvalue weighted by Crippen LogP contribution is -2.10. The Balaban J connectivity index is 2.53. The minimum absolute atomic E-state index is 0.197. The highest BCUT2D eigenvalue weighted by Gasteiger charge is 2.20. The van der Waals surface area contributed by atoms with Crippen LogP contribution >= 0.6 is 11.6 Å². The van der Waals surface area contributed by atoms with Gasteiger partial charge in [0.15, 0.2) is 0 Å². The smallest absolute Gasteiger partial charge is 0.216 e. The van der Waals surface area contributed by atoms with E-state index in [0.29, 0.717) is 22.0 Å². The molecule has 0 radical (unpaired) electrons. The molecular weight excluding hydrogens is 252 g/mol. The van der Waals surface area contributed by atoms with E-state index in [-0.39, 0.29) is 5.78 Å². The number of carbonyl (C=O) groups is 1. The van der Waals surface area contributed by atoms with Gasteiger partial charge in [0, 0.05) is 7.05 Å². The summed E-state index contributed by atoms with van der Waals surface area (Å²) in [5.74, 6) is 0.342. The lowest BCUT2D eigenvalue weighted by atomic mass is 10.0. The van der Waals surface area contributed by atoms with Gasteiger partial charge in [0.05, 0.1) is 23.9 Å². The van der Waals surface area contributed by atoms with Crippen LogP contribution in [0.5, 0.6) is 5.75 Å². The molecule has 94 valence electrons. The standard InChI is InChI=1S/C13H13ClN2O2/c1-8-4-5-9(11(6-8)18-3)13(17)12-10(14)7-15-16(12)2/h4-7H,1-3H3. The van der Waals surface area contributed by atoms with Crippen molar-refractivity contribution in [3.05, 3.63) is 46.2 Å². The van der Waals surface area contributed by atoms with Crippen LogP contribution in [0.1, 0.15) is 21.6 Å². The van der Waals surface area contributed by atoms with E-state index < -0.39 is 0 Å². The maximum Gasteiger partial charge on any atom is 0.216 e. The van der Waals surface area contributed by atoms with Crippen molar-refractivity contribution in [2.24, 2.45) is 7.05 Å². The van der Waals surface area contributed by atoms with Gasteiger partial charge in [0.25, 0.3) is 0 Å². The van der Waals surface area contributed by atoms with Gasteiger partial charge in [-0.3, -0.25) is 9.48 Å². The van der Waals surface area contributed by atoms with Crippen molar-refractivity contribution in [2.45, 2.75) is 6.92 Å². The molecule has 0 N–H and O–H groups in total. The fraction of sp³-hybridized carbons (Fsp3) is 0.231. The van der Waals surface area contributed by atoms with Gasteiger partial charge in [-0.05, 0) is 24.6 Å². The van der Waals surface area contributed by atoms with Gasteiger partial charge in [0.1, 0.15) is 11.4 Å². The minimum Gasteiger partial charge on any atom is -0.496 e. The number of benzene rings is 1. The Morgan fingerprint density at radius 1 is 1.44 bits per heavy atom. The zero-order chi connectivity index (χ0) is 13.3. The molecule has 0 fully saturated rings. The summed E-state index contributed by atoms with van der Waals surface area (Å²) in [6.45, 7) is 1.94. The summed E-state index contributed by atoms with van der Waals surface area (Å²) in [6, 6.07) is 5.41. The van der Waals surface area contributed by atoms with E-state index in [1.807, 2.05) is 19.1 Å². The molecule has 0 amide bonds. The molecule has 0 unspecified atom stereocenters. The highest BCUT2D eigenvalue weighted by Crippen LogP contribution is 2.25. The minimum atomic E-state index is -0.197. The lowest BCUT2D eigenvalue weighted by molar-refractivity contribution is 0.102. The number of nitrogens with zero attached hydrogens (tertiary/aromatic N) is 2. The molecular formula is C13H13ClN2O2. The van der Waals surface area contributed by atoms with Crippen LogP contribution in [0, 0.1) is 6.92 Å². The van der Waals surface area contributed by atoms with Crippen molar-refractivity contribution in [2.75, 3.05) is 7.11 Å². The van der Waals surface area contributed by atoms with Crippen LogP contribution in [-0.2, 0) is 7.05 Å². The Bertz CT molecular complexity index is 586. The third kappa shape index (κ3) is 2.11. The Hall–Kier alpha value is -1.81. The molecule has 0 saturated carbocycles. The summed E-state index contributed by atoms with van der Waals surface area (Å²) >= 11 is 5.97. The lowest BCUT2D eigenvalue weighted by Gasteiger charge is -2.09. The first-order chi connectivity index (χ1) is 8.54. The summed E-state index contributed by atoms with van der Waals surface area (Å²) in [5.41, 5.74) is 1.87. The van der Waals surface area contributed by atoms with Gasteiger partial charge in [-0.25, -0.2) is 0 Å². The number of hydrogen-bond acceptors (Lipinski definition) is 3. The first-order valence-electron chi connectivity index (χ1n) is 5.41. The van der Waals surface area contributed by atoms with Crippen molar-refractivity contribution < 1.29 is 9.53 Å².